The first kappa shape index (κ1) is 12.5. The molecule has 2 aromatic carbocycles. The molecule has 94 valence electrons. The summed E-state index contributed by atoms with van der Waals surface area (Å²) in [6.07, 6.45) is 0.835. The Bertz CT molecular complexity index is 497. The summed E-state index contributed by atoms with van der Waals surface area (Å²) < 4.78 is 11.1. The molecule has 2 aromatic rings. The average Bonchev–Trinajstić information content (AvgIpc) is 2.42. The van der Waals surface area contributed by atoms with Gasteiger partial charge in [0, 0.05) is 0 Å². The third-order valence-electron chi connectivity index (χ3n) is 2.63. The van der Waals surface area contributed by atoms with Crippen molar-refractivity contribution in [3.8, 4) is 17.2 Å². The minimum absolute atomic E-state index is 0.627. The zero-order chi connectivity index (χ0) is 12.8. The van der Waals surface area contributed by atoms with Gasteiger partial charge in [-0.2, -0.15) is 0 Å². The van der Waals surface area contributed by atoms with Gasteiger partial charge in [0.25, 0.3) is 0 Å². The van der Waals surface area contributed by atoms with Crippen molar-refractivity contribution in [2.75, 3.05) is 13.7 Å². The summed E-state index contributed by atoms with van der Waals surface area (Å²) in [5, 5.41) is 0. The van der Waals surface area contributed by atoms with Crippen molar-refractivity contribution < 1.29 is 9.47 Å². The van der Waals surface area contributed by atoms with Crippen molar-refractivity contribution >= 4 is 0 Å². The minimum atomic E-state index is 0.627. The Hall–Kier alpha value is -2.00. The van der Waals surface area contributed by atoms with Gasteiger partial charge in [0.1, 0.15) is 5.75 Å². The van der Waals surface area contributed by atoms with Crippen LogP contribution in [0.2, 0.25) is 0 Å². The molecule has 0 fully saturated rings. The van der Waals surface area contributed by atoms with Crippen LogP contribution in [0.15, 0.2) is 48.5 Å². The van der Waals surface area contributed by atoms with Crippen LogP contribution in [0.4, 0.5) is 0 Å². The van der Waals surface area contributed by atoms with Gasteiger partial charge in [0.2, 0.25) is 0 Å². The number of methoxy groups -OCH3 is 1. The van der Waals surface area contributed by atoms with Gasteiger partial charge in [-0.05, 0) is 42.8 Å². The lowest BCUT2D eigenvalue weighted by Crippen LogP contribution is -2.03. The van der Waals surface area contributed by atoms with Crippen molar-refractivity contribution in [2.45, 2.75) is 6.42 Å². The topological polar surface area (TPSA) is 44.5 Å². The van der Waals surface area contributed by atoms with Crippen molar-refractivity contribution in [1.29, 1.82) is 0 Å². The van der Waals surface area contributed by atoms with Crippen molar-refractivity contribution in [3.05, 3.63) is 54.1 Å². The summed E-state index contributed by atoms with van der Waals surface area (Å²) in [5.74, 6) is 2.23. The van der Waals surface area contributed by atoms with Gasteiger partial charge in [-0.25, -0.2) is 0 Å². The van der Waals surface area contributed by atoms with E-state index < -0.39 is 0 Å². The maximum absolute atomic E-state index is 5.78. The lowest BCUT2D eigenvalue weighted by Gasteiger charge is -2.11. The van der Waals surface area contributed by atoms with Crippen molar-refractivity contribution in [3.63, 3.8) is 0 Å². The predicted octanol–water partition coefficient (Wildman–Crippen LogP) is 2.99. The molecule has 0 aliphatic heterocycles. The van der Waals surface area contributed by atoms with Crippen LogP contribution in [0.25, 0.3) is 0 Å². The van der Waals surface area contributed by atoms with E-state index in [2.05, 4.69) is 0 Å². The van der Waals surface area contributed by atoms with E-state index in [1.54, 1.807) is 7.11 Å². The summed E-state index contributed by atoms with van der Waals surface area (Å²) in [6.45, 7) is 0.627. The monoisotopic (exact) mass is 243 g/mol. The third-order valence-corrected chi connectivity index (χ3v) is 2.63. The van der Waals surface area contributed by atoms with Crippen LogP contribution in [-0.2, 0) is 6.42 Å². The van der Waals surface area contributed by atoms with Crippen LogP contribution in [0.3, 0.4) is 0 Å². The molecule has 2 N–H and O–H groups in total. The molecular formula is C15H17NO2. The Morgan fingerprint density at radius 1 is 1.00 bits per heavy atom. The van der Waals surface area contributed by atoms with Crippen molar-refractivity contribution in [1.82, 2.24) is 0 Å². The number of benzene rings is 2. The molecule has 0 aromatic heterocycles. The highest BCUT2D eigenvalue weighted by Crippen LogP contribution is 2.32. The molecule has 3 heteroatoms. The van der Waals surface area contributed by atoms with Gasteiger partial charge >= 0.3 is 0 Å². The van der Waals surface area contributed by atoms with Gasteiger partial charge in [0.15, 0.2) is 11.5 Å². The summed E-state index contributed by atoms with van der Waals surface area (Å²) in [5.41, 5.74) is 6.69. The smallest absolute Gasteiger partial charge is 0.169 e. The predicted molar refractivity (Wildman–Crippen MR) is 72.3 cm³/mol. The van der Waals surface area contributed by atoms with Gasteiger partial charge in [0.05, 0.1) is 7.11 Å². The number of hydrogen-bond acceptors (Lipinski definition) is 3. The molecule has 0 unspecified atom stereocenters. The fourth-order valence-electron chi connectivity index (χ4n) is 1.73. The molecule has 0 aliphatic rings. The highest BCUT2D eigenvalue weighted by atomic mass is 16.5. The van der Waals surface area contributed by atoms with E-state index in [1.165, 1.54) is 0 Å². The molecule has 3 nitrogen and oxygen atoms in total. The first-order chi connectivity index (χ1) is 8.83. The maximum Gasteiger partial charge on any atom is 0.169 e. The van der Waals surface area contributed by atoms with Crippen molar-refractivity contribution in [2.24, 2.45) is 5.73 Å². The zero-order valence-corrected chi connectivity index (χ0v) is 10.4. The largest absolute Gasteiger partial charge is 0.493 e. The Labute approximate surface area is 107 Å². The zero-order valence-electron chi connectivity index (χ0n) is 10.4. The summed E-state index contributed by atoms with van der Waals surface area (Å²) in [6, 6.07) is 15.5. The number of para-hydroxylation sites is 1. The molecule has 0 heterocycles. The first-order valence-corrected chi connectivity index (χ1v) is 5.93. The molecule has 0 aliphatic carbocycles. The molecule has 0 atom stereocenters. The standard InChI is InChI=1S/C15H17NO2/c1-17-15-11-12(9-10-16)7-8-14(15)18-13-5-3-2-4-6-13/h2-8,11H,9-10,16H2,1H3. The molecule has 2 rings (SSSR count). The normalized spacial score (nSPS) is 10.1. The third kappa shape index (κ3) is 3.02. The van der Waals surface area contributed by atoms with E-state index >= 15 is 0 Å². The van der Waals surface area contributed by atoms with Gasteiger partial charge < -0.3 is 15.2 Å². The fourth-order valence-corrected chi connectivity index (χ4v) is 1.73. The van der Waals surface area contributed by atoms with Gasteiger partial charge in [-0.3, -0.25) is 0 Å². The fraction of sp³-hybridized carbons (Fsp3) is 0.200. The second kappa shape index (κ2) is 6.07. The van der Waals surface area contributed by atoms with Crippen LogP contribution < -0.4 is 15.2 Å². The second-order valence-corrected chi connectivity index (χ2v) is 3.94. The van der Waals surface area contributed by atoms with E-state index in [9.17, 15) is 0 Å². The molecule has 0 bridgehead atoms. The van der Waals surface area contributed by atoms with Crippen LogP contribution >= 0.6 is 0 Å². The van der Waals surface area contributed by atoms with E-state index in [1.807, 2.05) is 48.5 Å². The number of ether oxygens (including phenoxy) is 2. The molecule has 0 radical (unpaired) electrons. The molecular weight excluding hydrogens is 226 g/mol. The molecule has 0 saturated carbocycles. The number of hydrogen-bond donors (Lipinski definition) is 1. The van der Waals surface area contributed by atoms with E-state index in [-0.39, 0.29) is 0 Å². The van der Waals surface area contributed by atoms with Crippen LogP contribution in [0, 0.1) is 0 Å². The van der Waals surface area contributed by atoms with Gasteiger partial charge in [-0.1, -0.05) is 24.3 Å². The first-order valence-electron chi connectivity index (χ1n) is 5.93. The van der Waals surface area contributed by atoms with Crippen LogP contribution in [0.1, 0.15) is 5.56 Å². The lowest BCUT2D eigenvalue weighted by molar-refractivity contribution is 0.378. The quantitative estimate of drug-likeness (QED) is 0.878. The highest BCUT2D eigenvalue weighted by molar-refractivity contribution is 5.45. The van der Waals surface area contributed by atoms with E-state index in [4.69, 9.17) is 15.2 Å². The minimum Gasteiger partial charge on any atom is -0.493 e. The van der Waals surface area contributed by atoms with Crippen LogP contribution in [0.5, 0.6) is 17.2 Å². The Balaban J connectivity index is 2.22. The van der Waals surface area contributed by atoms with E-state index in [0.29, 0.717) is 12.3 Å². The molecule has 0 amide bonds. The SMILES string of the molecule is COc1cc(CCN)ccc1Oc1ccccc1. The highest BCUT2D eigenvalue weighted by Gasteiger charge is 2.06. The summed E-state index contributed by atoms with van der Waals surface area (Å²) in [4.78, 5) is 0. The maximum atomic E-state index is 5.78. The molecule has 0 saturated heterocycles. The molecule has 18 heavy (non-hydrogen) atoms. The Morgan fingerprint density at radius 3 is 2.44 bits per heavy atom. The number of nitrogens with two attached hydrogens (primary N) is 1. The van der Waals surface area contributed by atoms with E-state index in [0.717, 1.165) is 23.5 Å². The molecule has 0 spiro atoms. The Kier molecular flexibility index (Phi) is 4.20. The lowest BCUT2D eigenvalue weighted by atomic mass is 10.1. The average molecular weight is 243 g/mol. The summed E-state index contributed by atoms with van der Waals surface area (Å²) in [7, 11) is 1.64. The Morgan fingerprint density at radius 2 is 1.78 bits per heavy atom. The number of rotatable bonds is 5. The van der Waals surface area contributed by atoms with Crippen LogP contribution in [-0.4, -0.2) is 13.7 Å². The summed E-state index contributed by atoms with van der Waals surface area (Å²) >= 11 is 0. The second-order valence-electron chi connectivity index (χ2n) is 3.94. The van der Waals surface area contributed by atoms with Gasteiger partial charge in [-0.15, -0.1) is 0 Å².